The molecule has 1 nitrogen and oxygen atoms in total. The molecule has 0 radical (unpaired) electrons. The third-order valence-corrected chi connectivity index (χ3v) is 3.26. The molecule has 0 aromatic heterocycles. The van der Waals surface area contributed by atoms with Gasteiger partial charge in [-0.3, -0.25) is 4.79 Å². The Hall–Kier alpha value is -1.44. The van der Waals surface area contributed by atoms with E-state index in [-0.39, 0.29) is 11.6 Å². The van der Waals surface area contributed by atoms with Gasteiger partial charge in [0, 0.05) is 6.42 Å². The molecule has 0 amide bonds. The number of allylic oxidation sites excluding steroid dienone is 2. The van der Waals surface area contributed by atoms with Crippen molar-refractivity contribution in [2.45, 2.75) is 39.0 Å². The maximum absolute atomic E-state index is 13.0. The first-order valence-electron chi connectivity index (χ1n) is 6.12. The van der Waals surface area contributed by atoms with Gasteiger partial charge in [0.05, 0.1) is 0 Å². The summed E-state index contributed by atoms with van der Waals surface area (Å²) < 4.78 is 13.0. The van der Waals surface area contributed by atoms with Gasteiger partial charge < -0.3 is 0 Å². The van der Waals surface area contributed by atoms with E-state index in [0.29, 0.717) is 6.42 Å². The zero-order chi connectivity index (χ0) is 12.3. The number of ketones is 1. The van der Waals surface area contributed by atoms with Crippen molar-refractivity contribution >= 4 is 5.78 Å². The van der Waals surface area contributed by atoms with E-state index in [2.05, 4.69) is 0 Å². The average Bonchev–Trinajstić information content (AvgIpc) is 2.47. The minimum atomic E-state index is -0.197. The summed E-state index contributed by atoms with van der Waals surface area (Å²) in [5.41, 5.74) is 3.26. The minimum Gasteiger partial charge on any atom is -0.295 e. The maximum atomic E-state index is 13.0. The fourth-order valence-electron chi connectivity index (χ4n) is 2.26. The highest BCUT2D eigenvalue weighted by molar-refractivity contribution is 5.90. The maximum Gasteiger partial charge on any atom is 0.155 e. The van der Waals surface area contributed by atoms with Crippen LogP contribution in [-0.4, -0.2) is 5.78 Å². The van der Waals surface area contributed by atoms with Crippen LogP contribution in [0.25, 0.3) is 0 Å². The zero-order valence-electron chi connectivity index (χ0n) is 10.1. The van der Waals surface area contributed by atoms with E-state index in [9.17, 15) is 9.18 Å². The van der Waals surface area contributed by atoms with Gasteiger partial charge in [0.2, 0.25) is 0 Å². The number of hydrogen-bond donors (Lipinski definition) is 0. The summed E-state index contributed by atoms with van der Waals surface area (Å²) in [6, 6.07) is 4.86. The van der Waals surface area contributed by atoms with Crippen molar-refractivity contribution in [3.05, 3.63) is 46.8 Å². The molecule has 2 heteroatoms. The van der Waals surface area contributed by atoms with Gasteiger partial charge in [-0.2, -0.15) is 0 Å². The molecule has 0 heterocycles. The summed E-state index contributed by atoms with van der Waals surface area (Å²) in [7, 11) is 0. The quantitative estimate of drug-likeness (QED) is 0.759. The topological polar surface area (TPSA) is 17.1 Å². The minimum absolute atomic E-state index is 0.197. The lowest BCUT2D eigenvalue weighted by Gasteiger charge is -2.08. The molecule has 0 N–H and O–H groups in total. The summed E-state index contributed by atoms with van der Waals surface area (Å²) in [5, 5.41) is 0. The van der Waals surface area contributed by atoms with Crippen LogP contribution in [0.2, 0.25) is 0 Å². The molecule has 1 aromatic rings. The predicted molar refractivity (Wildman–Crippen MR) is 66.4 cm³/mol. The SMILES string of the molecule is Cc1cc(F)ccc1CC1=CC(=O)CCCC1. The molecule has 17 heavy (non-hydrogen) atoms. The molecule has 0 fully saturated rings. The third-order valence-electron chi connectivity index (χ3n) is 3.26. The van der Waals surface area contributed by atoms with Gasteiger partial charge >= 0.3 is 0 Å². The number of carbonyl (C=O) groups excluding carboxylic acids is 1. The van der Waals surface area contributed by atoms with Crippen LogP contribution in [0.5, 0.6) is 0 Å². The highest BCUT2D eigenvalue weighted by atomic mass is 19.1. The number of halogens is 1. The third kappa shape index (κ3) is 3.26. The summed E-state index contributed by atoms with van der Waals surface area (Å²) in [5.74, 6) is 0.0365. The monoisotopic (exact) mass is 232 g/mol. The van der Waals surface area contributed by atoms with E-state index >= 15 is 0 Å². The summed E-state index contributed by atoms with van der Waals surface area (Å²) in [6.07, 6.45) is 6.29. The van der Waals surface area contributed by atoms with Gasteiger partial charge in [0.15, 0.2) is 5.78 Å². The van der Waals surface area contributed by atoms with Gasteiger partial charge in [0.1, 0.15) is 5.82 Å². The van der Waals surface area contributed by atoms with Gasteiger partial charge in [-0.1, -0.05) is 11.6 Å². The van der Waals surface area contributed by atoms with Crippen molar-refractivity contribution in [3.8, 4) is 0 Å². The summed E-state index contributed by atoms with van der Waals surface area (Å²) in [6.45, 7) is 1.91. The average molecular weight is 232 g/mol. The highest BCUT2D eigenvalue weighted by Gasteiger charge is 2.10. The van der Waals surface area contributed by atoms with Crippen LogP contribution in [0.1, 0.15) is 36.8 Å². The first kappa shape index (κ1) is 12.0. The number of hydrogen-bond acceptors (Lipinski definition) is 1. The van der Waals surface area contributed by atoms with E-state index in [0.717, 1.165) is 36.8 Å². The van der Waals surface area contributed by atoms with E-state index in [1.165, 1.54) is 11.6 Å². The van der Waals surface area contributed by atoms with Crippen LogP contribution in [0, 0.1) is 12.7 Å². The standard InChI is InChI=1S/C15H17FO/c1-11-8-14(16)7-6-13(11)9-12-4-2-3-5-15(17)10-12/h6-8,10H,2-5,9H2,1H3. The second-order valence-corrected chi connectivity index (χ2v) is 4.72. The van der Waals surface area contributed by atoms with Gasteiger partial charge in [-0.05, 0) is 61.9 Å². The summed E-state index contributed by atoms with van der Waals surface area (Å²) in [4.78, 5) is 11.5. The lowest BCUT2D eigenvalue weighted by Crippen LogP contribution is -1.96. The van der Waals surface area contributed by atoms with Crippen molar-refractivity contribution in [2.24, 2.45) is 0 Å². The molecule has 1 aliphatic carbocycles. The molecule has 0 bridgehead atoms. The van der Waals surface area contributed by atoms with Crippen LogP contribution in [0.3, 0.4) is 0 Å². The lowest BCUT2D eigenvalue weighted by atomic mass is 9.98. The Morgan fingerprint density at radius 1 is 1.24 bits per heavy atom. The van der Waals surface area contributed by atoms with Crippen LogP contribution < -0.4 is 0 Å². The Labute approximate surface area is 101 Å². The van der Waals surface area contributed by atoms with Gasteiger partial charge in [0.25, 0.3) is 0 Å². The Balaban J connectivity index is 2.16. The fourth-order valence-corrected chi connectivity index (χ4v) is 2.26. The molecular formula is C15H17FO. The van der Waals surface area contributed by atoms with E-state index in [4.69, 9.17) is 0 Å². The zero-order valence-corrected chi connectivity index (χ0v) is 10.1. The molecule has 1 aliphatic rings. The molecule has 0 spiro atoms. The van der Waals surface area contributed by atoms with Gasteiger partial charge in [-0.15, -0.1) is 0 Å². The van der Waals surface area contributed by atoms with Crippen molar-refractivity contribution in [3.63, 3.8) is 0 Å². The van der Waals surface area contributed by atoms with Crippen molar-refractivity contribution < 1.29 is 9.18 Å². The van der Waals surface area contributed by atoms with Crippen LogP contribution in [0.4, 0.5) is 4.39 Å². The van der Waals surface area contributed by atoms with Crippen molar-refractivity contribution in [2.75, 3.05) is 0 Å². The Bertz CT molecular complexity index is 460. The largest absolute Gasteiger partial charge is 0.295 e. The Kier molecular flexibility index (Phi) is 3.72. The lowest BCUT2D eigenvalue weighted by molar-refractivity contribution is -0.114. The fraction of sp³-hybridized carbons (Fsp3) is 0.400. The number of carbonyl (C=O) groups is 1. The molecule has 0 saturated heterocycles. The second-order valence-electron chi connectivity index (χ2n) is 4.72. The molecular weight excluding hydrogens is 215 g/mol. The molecule has 90 valence electrons. The van der Waals surface area contributed by atoms with Crippen molar-refractivity contribution in [1.29, 1.82) is 0 Å². The van der Waals surface area contributed by atoms with Gasteiger partial charge in [-0.25, -0.2) is 4.39 Å². The number of benzene rings is 1. The number of aryl methyl sites for hydroxylation is 1. The van der Waals surface area contributed by atoms with Crippen LogP contribution in [0.15, 0.2) is 29.8 Å². The van der Waals surface area contributed by atoms with Crippen LogP contribution >= 0.6 is 0 Å². The van der Waals surface area contributed by atoms with Crippen LogP contribution in [-0.2, 0) is 11.2 Å². The summed E-state index contributed by atoms with van der Waals surface area (Å²) >= 11 is 0. The Morgan fingerprint density at radius 2 is 2.00 bits per heavy atom. The normalized spacial score (nSPS) is 16.6. The smallest absolute Gasteiger partial charge is 0.155 e. The molecule has 2 rings (SSSR count). The molecule has 0 aliphatic heterocycles. The number of rotatable bonds is 2. The van der Waals surface area contributed by atoms with E-state index < -0.39 is 0 Å². The van der Waals surface area contributed by atoms with Crippen molar-refractivity contribution in [1.82, 2.24) is 0 Å². The highest BCUT2D eigenvalue weighted by Crippen LogP contribution is 2.21. The first-order valence-corrected chi connectivity index (χ1v) is 6.12. The second kappa shape index (κ2) is 5.26. The van der Waals surface area contributed by atoms with E-state index in [1.54, 1.807) is 12.1 Å². The molecule has 1 aromatic carbocycles. The first-order chi connectivity index (χ1) is 8.15. The predicted octanol–water partition coefficient (Wildman–Crippen LogP) is 3.75. The van der Waals surface area contributed by atoms with E-state index in [1.807, 2.05) is 13.0 Å². The molecule has 0 atom stereocenters. The Morgan fingerprint density at radius 3 is 2.76 bits per heavy atom. The molecule has 0 unspecified atom stereocenters. The molecule has 0 saturated carbocycles.